The Bertz CT molecular complexity index is 1630. The van der Waals surface area contributed by atoms with E-state index in [2.05, 4.69) is 46.8 Å². The molecule has 0 radical (unpaired) electrons. The number of fused-ring (bicyclic) bond motifs is 1. The summed E-state index contributed by atoms with van der Waals surface area (Å²) in [5.41, 5.74) is 1.09. The van der Waals surface area contributed by atoms with Crippen molar-refractivity contribution < 1.29 is 13.2 Å². The monoisotopic (exact) mass is 604 g/mol. The van der Waals surface area contributed by atoms with E-state index >= 15 is 0 Å². The van der Waals surface area contributed by atoms with Crippen LogP contribution in [0, 0.1) is 12.3 Å². The van der Waals surface area contributed by atoms with Crippen LogP contribution >= 0.6 is 27.3 Å². The predicted molar refractivity (Wildman–Crippen MR) is 145 cm³/mol. The number of halogens is 1. The first-order valence-corrected chi connectivity index (χ1v) is 15.0. The lowest BCUT2D eigenvalue weighted by atomic mass is 9.87. The Morgan fingerprint density at radius 2 is 2.08 bits per heavy atom. The molecule has 1 aliphatic carbocycles. The molecule has 0 bridgehead atoms. The quantitative estimate of drug-likeness (QED) is 0.337. The zero-order valence-electron chi connectivity index (χ0n) is 20.6. The van der Waals surface area contributed by atoms with Gasteiger partial charge in [-0.3, -0.25) is 4.79 Å². The van der Waals surface area contributed by atoms with E-state index in [1.54, 1.807) is 36.1 Å². The molecule has 0 aliphatic heterocycles. The van der Waals surface area contributed by atoms with E-state index in [0.717, 1.165) is 17.8 Å². The van der Waals surface area contributed by atoms with E-state index in [1.165, 1.54) is 17.6 Å². The number of nitrogens with one attached hydrogen (secondary N) is 2. The van der Waals surface area contributed by atoms with Gasteiger partial charge in [0.15, 0.2) is 15.5 Å². The Hall–Kier alpha value is -2.97. The van der Waals surface area contributed by atoms with Gasteiger partial charge in [0.05, 0.1) is 16.0 Å². The molecule has 11 nitrogen and oxygen atoms in total. The largest absolute Gasteiger partial charge is 0.359 e. The van der Waals surface area contributed by atoms with E-state index in [9.17, 15) is 13.2 Å². The lowest BCUT2D eigenvalue weighted by Crippen LogP contribution is -2.35. The van der Waals surface area contributed by atoms with E-state index in [-0.39, 0.29) is 16.8 Å². The van der Waals surface area contributed by atoms with Gasteiger partial charge in [-0.05, 0) is 60.3 Å². The van der Waals surface area contributed by atoms with Gasteiger partial charge >= 0.3 is 0 Å². The third kappa shape index (κ3) is 4.84. The third-order valence-electron chi connectivity index (χ3n) is 6.59. The van der Waals surface area contributed by atoms with Crippen LogP contribution in [0.4, 0.5) is 5.95 Å². The van der Waals surface area contributed by atoms with Crippen molar-refractivity contribution in [2.75, 3.05) is 18.6 Å². The van der Waals surface area contributed by atoms with Crippen molar-refractivity contribution in [1.29, 1.82) is 0 Å². The summed E-state index contributed by atoms with van der Waals surface area (Å²) in [5, 5.41) is 20.8. The van der Waals surface area contributed by atoms with Crippen LogP contribution in [0.15, 0.2) is 33.9 Å². The van der Waals surface area contributed by atoms with Crippen molar-refractivity contribution in [3.63, 3.8) is 0 Å². The second kappa shape index (κ2) is 9.40. The highest BCUT2D eigenvalue weighted by molar-refractivity contribution is 9.10. The molecule has 2 N–H and O–H groups in total. The molecule has 14 heteroatoms. The van der Waals surface area contributed by atoms with Crippen molar-refractivity contribution in [3.05, 3.63) is 34.0 Å². The van der Waals surface area contributed by atoms with E-state index in [0.29, 0.717) is 44.3 Å². The fourth-order valence-electron chi connectivity index (χ4n) is 4.70. The summed E-state index contributed by atoms with van der Waals surface area (Å²) < 4.78 is 27.5. The molecule has 194 valence electrons. The Labute approximate surface area is 226 Å². The van der Waals surface area contributed by atoms with Crippen molar-refractivity contribution in [2.45, 2.75) is 44.0 Å². The second-order valence-corrected chi connectivity index (χ2v) is 13.4. The lowest BCUT2D eigenvalue weighted by molar-refractivity contribution is -0.129. The molecule has 0 spiro atoms. The number of carbonyl (C=O) groups excluding carboxylic acids is 1. The molecule has 1 saturated carbocycles. The number of carbonyl (C=O) groups is 1. The lowest BCUT2D eigenvalue weighted by Gasteiger charge is -2.22. The molecule has 5 rings (SSSR count). The fourth-order valence-corrected chi connectivity index (χ4v) is 6.84. The van der Waals surface area contributed by atoms with Gasteiger partial charge in [-0.25, -0.2) is 18.1 Å². The van der Waals surface area contributed by atoms with Crippen LogP contribution < -0.4 is 10.6 Å². The average Bonchev–Trinajstić information content (AvgIpc) is 3.55. The van der Waals surface area contributed by atoms with E-state index in [4.69, 9.17) is 4.98 Å². The smallest absolute Gasteiger partial charge is 0.225 e. The van der Waals surface area contributed by atoms with Crippen LogP contribution in [-0.2, 0) is 14.6 Å². The van der Waals surface area contributed by atoms with Gasteiger partial charge in [0.2, 0.25) is 11.9 Å². The first kappa shape index (κ1) is 25.7. The van der Waals surface area contributed by atoms with Gasteiger partial charge < -0.3 is 10.6 Å². The molecule has 3 heterocycles. The minimum atomic E-state index is -3.59. The normalized spacial score (nSPS) is 19.9. The molecule has 4 aromatic rings. The summed E-state index contributed by atoms with van der Waals surface area (Å²) >= 11 is 4.80. The number of hydrogen-bond acceptors (Lipinski definition) is 10. The first-order valence-electron chi connectivity index (χ1n) is 11.5. The van der Waals surface area contributed by atoms with Crippen LogP contribution in [-0.4, -0.2) is 63.6 Å². The molecule has 0 unspecified atom stereocenters. The number of benzene rings is 1. The number of rotatable bonds is 6. The molecular formula is C23H25BrN8O3S2. The molecule has 0 saturated heterocycles. The summed E-state index contributed by atoms with van der Waals surface area (Å²) in [6, 6.07) is 5.11. The summed E-state index contributed by atoms with van der Waals surface area (Å²) in [7, 11) is -1.93. The van der Waals surface area contributed by atoms with Gasteiger partial charge in [0, 0.05) is 36.5 Å². The zero-order chi connectivity index (χ0) is 26.5. The van der Waals surface area contributed by atoms with Crippen molar-refractivity contribution in [3.8, 4) is 16.3 Å². The summed E-state index contributed by atoms with van der Waals surface area (Å²) in [5.74, 6) is 0.445. The van der Waals surface area contributed by atoms with E-state index in [1.807, 2.05) is 13.8 Å². The SMILES string of the molecule is CNC(=O)[C@]1(C)CC[C@@H](Nc2ncc3c(Br)nn(-c4ccc(-c5nnc(C)s5)c(S(C)(=O)=O)c4)c3n2)C1. The highest BCUT2D eigenvalue weighted by Crippen LogP contribution is 2.39. The number of nitrogens with zero attached hydrogens (tertiary/aromatic N) is 6. The summed E-state index contributed by atoms with van der Waals surface area (Å²) in [4.78, 5) is 21.6. The maximum Gasteiger partial charge on any atom is 0.225 e. The van der Waals surface area contributed by atoms with Crippen molar-refractivity contribution in [2.24, 2.45) is 5.41 Å². The second-order valence-electron chi connectivity index (χ2n) is 9.44. The fraction of sp³-hybridized carbons (Fsp3) is 0.391. The van der Waals surface area contributed by atoms with Crippen molar-refractivity contribution >= 4 is 60.0 Å². The molecule has 1 fully saturated rings. The molecule has 1 aliphatic rings. The number of anilines is 1. The van der Waals surface area contributed by atoms with Crippen LogP contribution in [0.1, 0.15) is 31.2 Å². The number of aryl methyl sites for hydroxylation is 1. The Kier molecular flexibility index (Phi) is 6.52. The maximum absolute atomic E-state index is 12.7. The van der Waals surface area contributed by atoms with Gasteiger partial charge in [0.1, 0.15) is 14.6 Å². The molecule has 3 aromatic heterocycles. The maximum atomic E-state index is 12.7. The number of hydrogen-bond donors (Lipinski definition) is 2. The van der Waals surface area contributed by atoms with Crippen LogP contribution in [0.2, 0.25) is 0 Å². The van der Waals surface area contributed by atoms with Gasteiger partial charge in [0.25, 0.3) is 0 Å². The van der Waals surface area contributed by atoms with Crippen LogP contribution in [0.5, 0.6) is 0 Å². The van der Waals surface area contributed by atoms with Crippen molar-refractivity contribution in [1.82, 2.24) is 35.3 Å². The number of sulfone groups is 1. The Balaban J connectivity index is 1.52. The van der Waals surface area contributed by atoms with E-state index < -0.39 is 15.3 Å². The molecule has 1 amide bonds. The van der Waals surface area contributed by atoms with Crippen LogP contribution in [0.3, 0.4) is 0 Å². The molecule has 1 aromatic carbocycles. The first-order chi connectivity index (χ1) is 17.5. The number of amides is 1. The molecule has 37 heavy (non-hydrogen) atoms. The minimum Gasteiger partial charge on any atom is -0.359 e. The third-order valence-corrected chi connectivity index (χ3v) is 9.19. The number of aromatic nitrogens is 6. The minimum absolute atomic E-state index is 0.0315. The van der Waals surface area contributed by atoms with Crippen LogP contribution in [0.25, 0.3) is 27.3 Å². The average molecular weight is 606 g/mol. The highest BCUT2D eigenvalue weighted by atomic mass is 79.9. The molecular weight excluding hydrogens is 580 g/mol. The summed E-state index contributed by atoms with van der Waals surface area (Å²) in [6.45, 7) is 3.79. The molecule has 2 atom stereocenters. The Morgan fingerprint density at radius 1 is 1.30 bits per heavy atom. The standard InChI is InChI=1S/C23H25BrN8O3S2/c1-12-29-30-20(36-12)15-6-5-14(9-17(15)37(4,34)35)32-19-16(18(24)31-32)11-26-22(28-19)27-13-7-8-23(2,10-13)21(33)25-3/h5-6,9,11,13H,7-8,10H2,1-4H3,(H,25,33)(H,26,27,28)/t13-,23-/m1/s1. The summed E-state index contributed by atoms with van der Waals surface area (Å²) in [6.07, 6.45) is 5.09. The van der Waals surface area contributed by atoms with Gasteiger partial charge in [-0.1, -0.05) is 18.3 Å². The van der Waals surface area contributed by atoms with Gasteiger partial charge in [-0.15, -0.1) is 10.2 Å². The topological polar surface area (TPSA) is 145 Å². The highest BCUT2D eigenvalue weighted by Gasteiger charge is 2.41. The van der Waals surface area contributed by atoms with Gasteiger partial charge in [-0.2, -0.15) is 10.1 Å². The Morgan fingerprint density at radius 3 is 2.76 bits per heavy atom. The predicted octanol–water partition coefficient (Wildman–Crippen LogP) is 3.53. The zero-order valence-corrected chi connectivity index (χ0v) is 23.8.